The van der Waals surface area contributed by atoms with E-state index in [4.69, 9.17) is 0 Å². The van der Waals surface area contributed by atoms with Crippen LogP contribution in [0.25, 0.3) is 33.3 Å². The van der Waals surface area contributed by atoms with Crippen LogP contribution in [0.15, 0.2) is 36.4 Å². The van der Waals surface area contributed by atoms with E-state index in [0.717, 1.165) is 17.0 Å². The summed E-state index contributed by atoms with van der Waals surface area (Å²) in [4.78, 5) is 4.52. The van der Waals surface area contributed by atoms with Gasteiger partial charge in [-0.15, -0.1) is 10.2 Å². The van der Waals surface area contributed by atoms with Gasteiger partial charge in [-0.1, -0.05) is 36.4 Å². The number of benzene rings is 2. The first-order valence-corrected chi connectivity index (χ1v) is 5.58. The van der Waals surface area contributed by atoms with Crippen LogP contribution < -0.4 is 0 Å². The molecule has 0 saturated carbocycles. The Morgan fingerprint density at radius 3 is 2.29 bits per heavy atom. The van der Waals surface area contributed by atoms with E-state index >= 15 is 0 Å². The molecular formula is C14H9N3. The van der Waals surface area contributed by atoms with Gasteiger partial charge in [0.25, 0.3) is 0 Å². The highest BCUT2D eigenvalue weighted by atomic mass is 15.2. The minimum Gasteiger partial charge on any atom is -0.229 e. The summed E-state index contributed by atoms with van der Waals surface area (Å²) in [6.45, 7) is 1.87. The molecule has 0 aliphatic heterocycles. The molecule has 17 heavy (non-hydrogen) atoms. The Balaban J connectivity index is 2.26. The third-order valence-corrected chi connectivity index (χ3v) is 3.21. The van der Waals surface area contributed by atoms with Crippen molar-refractivity contribution >= 4 is 10.8 Å². The predicted molar refractivity (Wildman–Crippen MR) is 66.5 cm³/mol. The van der Waals surface area contributed by atoms with Crippen LogP contribution in [0.5, 0.6) is 0 Å². The molecule has 1 heterocycles. The van der Waals surface area contributed by atoms with Crippen LogP contribution in [-0.4, -0.2) is 15.2 Å². The number of aryl methyl sites for hydroxylation is 1. The van der Waals surface area contributed by atoms with E-state index in [0.29, 0.717) is 5.82 Å². The lowest BCUT2D eigenvalue weighted by molar-refractivity contribution is 0.922. The number of hydrogen-bond donors (Lipinski definition) is 0. The molecule has 0 atom stereocenters. The first-order valence-electron chi connectivity index (χ1n) is 5.58. The zero-order valence-electron chi connectivity index (χ0n) is 9.31. The van der Waals surface area contributed by atoms with Gasteiger partial charge in [-0.05, 0) is 12.3 Å². The molecular weight excluding hydrogens is 210 g/mol. The van der Waals surface area contributed by atoms with Crippen molar-refractivity contribution in [3.05, 3.63) is 42.2 Å². The first kappa shape index (κ1) is 8.82. The second-order valence-corrected chi connectivity index (χ2v) is 4.27. The van der Waals surface area contributed by atoms with Crippen molar-refractivity contribution in [2.75, 3.05) is 0 Å². The average Bonchev–Trinajstić information content (AvgIpc) is 2.67. The summed E-state index contributed by atoms with van der Waals surface area (Å²) in [5, 5.41) is 10.8. The second kappa shape index (κ2) is 2.88. The molecule has 1 aliphatic carbocycles. The van der Waals surface area contributed by atoms with Crippen molar-refractivity contribution in [3.63, 3.8) is 0 Å². The molecule has 80 valence electrons. The van der Waals surface area contributed by atoms with Crippen LogP contribution in [0.3, 0.4) is 0 Å². The normalized spacial score (nSPS) is 11.8. The maximum atomic E-state index is 4.52. The van der Waals surface area contributed by atoms with Gasteiger partial charge in [0.15, 0.2) is 0 Å². The van der Waals surface area contributed by atoms with E-state index in [9.17, 15) is 0 Å². The number of fused-ring (bicyclic) bond motifs is 3. The van der Waals surface area contributed by atoms with Crippen LogP contribution in [0, 0.1) is 6.92 Å². The van der Waals surface area contributed by atoms with Gasteiger partial charge in [0.05, 0.1) is 0 Å². The van der Waals surface area contributed by atoms with Crippen LogP contribution in [0.1, 0.15) is 5.82 Å². The van der Waals surface area contributed by atoms with Crippen molar-refractivity contribution in [2.24, 2.45) is 0 Å². The van der Waals surface area contributed by atoms with Gasteiger partial charge in [0.2, 0.25) is 0 Å². The lowest BCUT2D eigenvalue weighted by atomic mass is 10.0. The van der Waals surface area contributed by atoms with E-state index < -0.39 is 0 Å². The lowest BCUT2D eigenvalue weighted by Crippen LogP contribution is -1.95. The fourth-order valence-electron chi connectivity index (χ4n) is 2.51. The molecule has 0 N–H and O–H groups in total. The molecule has 3 heteroatoms. The Labute approximate surface area is 98.2 Å². The fraction of sp³-hybridized carbons (Fsp3) is 0.0714. The van der Waals surface area contributed by atoms with E-state index in [1.807, 2.05) is 6.92 Å². The third kappa shape index (κ3) is 1.03. The highest BCUT2D eigenvalue weighted by molar-refractivity contribution is 6.13. The SMILES string of the molecule is Cc1nnc2c(n1)-c1cccc3cccc-2c13. The fourth-order valence-corrected chi connectivity index (χ4v) is 2.51. The standard InChI is InChI=1S/C14H9N3/c1-8-15-13-10-6-2-4-9-5-3-7-11(12(9)10)14(13)17-16-8/h2-7H,1H3. The summed E-state index contributed by atoms with van der Waals surface area (Å²) >= 11 is 0. The molecule has 1 aliphatic rings. The maximum Gasteiger partial charge on any atom is 0.148 e. The number of nitrogens with zero attached hydrogens (tertiary/aromatic N) is 3. The molecule has 4 rings (SSSR count). The van der Waals surface area contributed by atoms with Gasteiger partial charge in [0.1, 0.15) is 17.2 Å². The van der Waals surface area contributed by atoms with Gasteiger partial charge in [-0.2, -0.15) is 0 Å². The van der Waals surface area contributed by atoms with Crippen molar-refractivity contribution in [3.8, 4) is 22.5 Å². The molecule has 2 aromatic carbocycles. The molecule has 0 amide bonds. The Morgan fingerprint density at radius 2 is 1.53 bits per heavy atom. The second-order valence-electron chi connectivity index (χ2n) is 4.27. The van der Waals surface area contributed by atoms with Gasteiger partial charge < -0.3 is 0 Å². The van der Waals surface area contributed by atoms with Gasteiger partial charge in [0, 0.05) is 16.5 Å². The van der Waals surface area contributed by atoms with E-state index in [-0.39, 0.29) is 0 Å². The van der Waals surface area contributed by atoms with Crippen LogP contribution in [0.2, 0.25) is 0 Å². The van der Waals surface area contributed by atoms with Gasteiger partial charge >= 0.3 is 0 Å². The quantitative estimate of drug-likeness (QED) is 0.456. The van der Waals surface area contributed by atoms with E-state index in [2.05, 4.69) is 51.6 Å². The molecule has 0 unspecified atom stereocenters. The minimum atomic E-state index is 0.716. The molecule has 0 spiro atoms. The summed E-state index contributed by atoms with van der Waals surface area (Å²) in [5.41, 5.74) is 4.19. The first-order chi connectivity index (χ1) is 8.34. The maximum absolute atomic E-state index is 4.52. The van der Waals surface area contributed by atoms with Crippen LogP contribution in [-0.2, 0) is 0 Å². The zero-order chi connectivity index (χ0) is 11.4. The summed E-state index contributed by atoms with van der Waals surface area (Å²) in [7, 11) is 0. The number of hydrogen-bond acceptors (Lipinski definition) is 3. The number of aromatic nitrogens is 3. The van der Waals surface area contributed by atoms with Gasteiger partial charge in [-0.25, -0.2) is 4.98 Å². The summed E-state index contributed by atoms with van der Waals surface area (Å²) in [6, 6.07) is 12.5. The molecule has 0 bridgehead atoms. The molecule has 0 saturated heterocycles. The molecule has 3 nitrogen and oxygen atoms in total. The largest absolute Gasteiger partial charge is 0.229 e. The lowest BCUT2D eigenvalue weighted by Gasteiger charge is -1.99. The summed E-state index contributed by atoms with van der Waals surface area (Å²) < 4.78 is 0. The van der Waals surface area contributed by atoms with Crippen molar-refractivity contribution in [1.82, 2.24) is 15.2 Å². The predicted octanol–water partition coefficient (Wildman–Crippen LogP) is 2.98. The molecule has 1 aromatic heterocycles. The van der Waals surface area contributed by atoms with Crippen LogP contribution >= 0.6 is 0 Å². The summed E-state index contributed by atoms with van der Waals surface area (Å²) in [6.07, 6.45) is 0. The zero-order valence-corrected chi connectivity index (χ0v) is 9.31. The Kier molecular flexibility index (Phi) is 1.50. The topological polar surface area (TPSA) is 38.7 Å². The highest BCUT2D eigenvalue weighted by Gasteiger charge is 2.23. The van der Waals surface area contributed by atoms with Crippen molar-refractivity contribution in [1.29, 1.82) is 0 Å². The van der Waals surface area contributed by atoms with E-state index in [1.165, 1.54) is 16.3 Å². The Morgan fingerprint density at radius 1 is 0.824 bits per heavy atom. The average molecular weight is 219 g/mol. The molecule has 0 radical (unpaired) electrons. The van der Waals surface area contributed by atoms with Crippen molar-refractivity contribution < 1.29 is 0 Å². The smallest absolute Gasteiger partial charge is 0.148 e. The highest BCUT2D eigenvalue weighted by Crippen LogP contribution is 2.44. The molecule has 0 fully saturated rings. The minimum absolute atomic E-state index is 0.716. The Bertz CT molecular complexity index is 757. The molecule has 3 aromatic rings. The third-order valence-electron chi connectivity index (χ3n) is 3.21. The Hall–Kier alpha value is -2.29. The number of rotatable bonds is 0. The van der Waals surface area contributed by atoms with Gasteiger partial charge in [-0.3, -0.25) is 0 Å². The monoisotopic (exact) mass is 219 g/mol. The summed E-state index contributed by atoms with van der Waals surface area (Å²) in [5.74, 6) is 0.716. The van der Waals surface area contributed by atoms with Crippen LogP contribution in [0.4, 0.5) is 0 Å². The van der Waals surface area contributed by atoms with Crippen molar-refractivity contribution in [2.45, 2.75) is 6.92 Å². The van der Waals surface area contributed by atoms with E-state index in [1.54, 1.807) is 0 Å².